The summed E-state index contributed by atoms with van der Waals surface area (Å²) in [5.74, 6) is 1.45. The molecule has 0 fully saturated rings. The summed E-state index contributed by atoms with van der Waals surface area (Å²) in [6.45, 7) is 7.85. The Morgan fingerprint density at radius 2 is 1.76 bits per heavy atom. The van der Waals surface area contributed by atoms with Crippen molar-refractivity contribution in [3.05, 3.63) is 77.9 Å². The Hall–Kier alpha value is -2.55. The molecule has 3 N–H and O–H groups in total. The number of ether oxygens (including phenoxy) is 1. The van der Waals surface area contributed by atoms with E-state index in [2.05, 4.69) is 27.5 Å². The second-order valence-corrected chi connectivity index (χ2v) is 6.04. The Kier molecular flexibility index (Phi) is 11.5. The Morgan fingerprint density at radius 3 is 2.41 bits per heavy atom. The van der Waals surface area contributed by atoms with Crippen LogP contribution in [-0.4, -0.2) is 32.1 Å². The van der Waals surface area contributed by atoms with Gasteiger partial charge in [0.15, 0.2) is 5.96 Å². The van der Waals surface area contributed by atoms with E-state index in [1.807, 2.05) is 55.5 Å². The fourth-order valence-corrected chi connectivity index (χ4v) is 2.56. The van der Waals surface area contributed by atoms with Crippen LogP contribution in [0.1, 0.15) is 28.4 Å². The smallest absolute Gasteiger partial charge is 0.251 e. The number of guanidine groups is 1. The molecule has 0 radical (unpaired) electrons. The van der Waals surface area contributed by atoms with Crippen molar-refractivity contribution in [3.63, 3.8) is 0 Å². The van der Waals surface area contributed by atoms with Crippen LogP contribution in [0, 0.1) is 0 Å². The van der Waals surface area contributed by atoms with Gasteiger partial charge in [-0.05, 0) is 30.7 Å². The van der Waals surface area contributed by atoms with Crippen molar-refractivity contribution in [1.29, 1.82) is 0 Å². The van der Waals surface area contributed by atoms with Crippen LogP contribution in [0.15, 0.2) is 66.2 Å². The first-order valence-corrected chi connectivity index (χ1v) is 9.31. The maximum atomic E-state index is 11.8. The Balaban J connectivity index is 0.00000420. The number of carbonyl (C=O) groups is 1. The Morgan fingerprint density at radius 1 is 1.07 bits per heavy atom. The number of carbonyl (C=O) groups excluding carboxylic acids is 1. The Labute approximate surface area is 189 Å². The average molecular weight is 508 g/mol. The maximum Gasteiger partial charge on any atom is 0.251 e. The molecular formula is C22H29IN4O2. The molecule has 0 aliphatic carbocycles. The topological polar surface area (TPSA) is 74.8 Å². The third-order valence-electron chi connectivity index (χ3n) is 4.01. The van der Waals surface area contributed by atoms with Gasteiger partial charge < -0.3 is 20.7 Å². The number of rotatable bonds is 9. The van der Waals surface area contributed by atoms with Crippen molar-refractivity contribution < 1.29 is 9.53 Å². The lowest BCUT2D eigenvalue weighted by Crippen LogP contribution is -2.36. The van der Waals surface area contributed by atoms with Gasteiger partial charge in [-0.3, -0.25) is 9.79 Å². The second-order valence-electron chi connectivity index (χ2n) is 6.04. The van der Waals surface area contributed by atoms with Crippen LogP contribution in [0.25, 0.3) is 0 Å². The molecule has 2 rings (SSSR count). The summed E-state index contributed by atoms with van der Waals surface area (Å²) >= 11 is 0. The summed E-state index contributed by atoms with van der Waals surface area (Å²) in [6, 6.07) is 15.4. The van der Waals surface area contributed by atoms with Gasteiger partial charge in [-0.2, -0.15) is 0 Å². The van der Waals surface area contributed by atoms with Crippen molar-refractivity contribution >= 4 is 35.8 Å². The molecule has 0 aliphatic heterocycles. The van der Waals surface area contributed by atoms with Crippen LogP contribution in [0.5, 0.6) is 5.75 Å². The summed E-state index contributed by atoms with van der Waals surface area (Å²) in [7, 11) is 1.73. The number of benzene rings is 2. The van der Waals surface area contributed by atoms with Crippen molar-refractivity contribution in [1.82, 2.24) is 16.0 Å². The highest BCUT2D eigenvalue weighted by atomic mass is 127. The molecule has 0 aromatic heterocycles. The monoisotopic (exact) mass is 508 g/mol. The van der Waals surface area contributed by atoms with Gasteiger partial charge in [0.05, 0.1) is 0 Å². The predicted octanol–water partition coefficient (Wildman–Crippen LogP) is 3.48. The van der Waals surface area contributed by atoms with Crippen molar-refractivity contribution in [3.8, 4) is 5.75 Å². The molecule has 7 heteroatoms. The first kappa shape index (κ1) is 24.5. The minimum absolute atomic E-state index is 0. The van der Waals surface area contributed by atoms with Gasteiger partial charge in [-0.25, -0.2) is 0 Å². The highest BCUT2D eigenvalue weighted by Gasteiger charge is 2.06. The largest absolute Gasteiger partial charge is 0.489 e. The standard InChI is InChI=1S/C22H28N4O2.HI/c1-4-14-28-20-9-7-6-8-19(20)16-26-22(23-3)25-15-17-10-12-18(13-11-17)21(27)24-5-2;/h4,6-13H,1,5,14-16H2,2-3H3,(H,24,27)(H2,23,25,26);1H. The molecule has 0 saturated carbocycles. The van der Waals surface area contributed by atoms with Gasteiger partial charge in [0.25, 0.3) is 5.91 Å². The summed E-state index contributed by atoms with van der Waals surface area (Å²) in [6.07, 6.45) is 1.72. The predicted molar refractivity (Wildman–Crippen MR) is 129 cm³/mol. The molecule has 156 valence electrons. The number of nitrogens with one attached hydrogen (secondary N) is 3. The first-order valence-electron chi connectivity index (χ1n) is 9.31. The van der Waals surface area contributed by atoms with Crippen LogP contribution in [-0.2, 0) is 13.1 Å². The lowest BCUT2D eigenvalue weighted by molar-refractivity contribution is 0.0956. The molecule has 6 nitrogen and oxygen atoms in total. The number of hydrogen-bond donors (Lipinski definition) is 3. The van der Waals surface area contributed by atoms with Gasteiger partial charge in [-0.1, -0.05) is 43.0 Å². The van der Waals surface area contributed by atoms with Crippen LogP contribution in [0.3, 0.4) is 0 Å². The van der Waals surface area contributed by atoms with E-state index in [0.29, 0.717) is 37.8 Å². The lowest BCUT2D eigenvalue weighted by Gasteiger charge is -2.14. The summed E-state index contributed by atoms with van der Waals surface area (Å²) in [5, 5.41) is 9.35. The van der Waals surface area contributed by atoms with Crippen molar-refractivity contribution in [2.24, 2.45) is 4.99 Å². The van der Waals surface area contributed by atoms with Gasteiger partial charge in [0.1, 0.15) is 12.4 Å². The van der Waals surface area contributed by atoms with Crippen molar-refractivity contribution in [2.75, 3.05) is 20.2 Å². The summed E-state index contributed by atoms with van der Waals surface area (Å²) in [4.78, 5) is 16.1. The zero-order valence-electron chi connectivity index (χ0n) is 16.9. The molecule has 29 heavy (non-hydrogen) atoms. The lowest BCUT2D eigenvalue weighted by atomic mass is 10.1. The highest BCUT2D eigenvalue weighted by molar-refractivity contribution is 14.0. The molecule has 0 atom stereocenters. The number of nitrogens with zero attached hydrogens (tertiary/aromatic N) is 1. The maximum absolute atomic E-state index is 11.8. The number of halogens is 1. The minimum Gasteiger partial charge on any atom is -0.489 e. The first-order chi connectivity index (χ1) is 13.7. The van der Waals surface area contributed by atoms with E-state index in [-0.39, 0.29) is 29.9 Å². The van der Waals surface area contributed by atoms with Crippen LogP contribution in [0.2, 0.25) is 0 Å². The van der Waals surface area contributed by atoms with E-state index in [9.17, 15) is 4.79 Å². The molecule has 2 aromatic carbocycles. The third-order valence-corrected chi connectivity index (χ3v) is 4.01. The Bertz CT molecular complexity index is 807. The zero-order valence-corrected chi connectivity index (χ0v) is 19.2. The second kappa shape index (κ2) is 13.6. The minimum atomic E-state index is -0.0585. The van der Waals surface area contributed by atoms with Crippen LogP contribution in [0.4, 0.5) is 0 Å². The van der Waals surface area contributed by atoms with Crippen LogP contribution < -0.4 is 20.7 Å². The molecular weight excluding hydrogens is 479 g/mol. The summed E-state index contributed by atoms with van der Waals surface area (Å²) < 4.78 is 5.68. The zero-order chi connectivity index (χ0) is 20.2. The van der Waals surface area contributed by atoms with E-state index in [1.165, 1.54) is 0 Å². The summed E-state index contributed by atoms with van der Waals surface area (Å²) in [5.41, 5.74) is 2.76. The fraction of sp³-hybridized carbons (Fsp3) is 0.273. The molecule has 0 bridgehead atoms. The number of hydrogen-bond acceptors (Lipinski definition) is 3. The fourth-order valence-electron chi connectivity index (χ4n) is 2.56. The highest BCUT2D eigenvalue weighted by Crippen LogP contribution is 2.17. The quantitative estimate of drug-likeness (QED) is 0.210. The van der Waals surface area contributed by atoms with E-state index in [4.69, 9.17) is 4.74 Å². The molecule has 0 aliphatic rings. The molecule has 1 amide bonds. The normalized spacial score (nSPS) is 10.5. The van der Waals surface area contributed by atoms with Gasteiger partial charge >= 0.3 is 0 Å². The molecule has 0 unspecified atom stereocenters. The number of aliphatic imine (C=N–C) groups is 1. The molecule has 0 heterocycles. The number of para-hydroxylation sites is 1. The number of amides is 1. The third kappa shape index (κ3) is 8.15. The van der Waals surface area contributed by atoms with Crippen LogP contribution >= 0.6 is 24.0 Å². The van der Waals surface area contributed by atoms with E-state index < -0.39 is 0 Å². The van der Waals surface area contributed by atoms with Crippen molar-refractivity contribution in [2.45, 2.75) is 20.0 Å². The van der Waals surface area contributed by atoms with Gasteiger partial charge in [0.2, 0.25) is 0 Å². The molecule has 2 aromatic rings. The average Bonchev–Trinajstić information content (AvgIpc) is 2.73. The molecule has 0 spiro atoms. The van der Waals surface area contributed by atoms with Gasteiger partial charge in [-0.15, -0.1) is 24.0 Å². The SMILES string of the molecule is C=CCOc1ccccc1CNC(=NC)NCc1ccc(C(=O)NCC)cc1.I. The van der Waals surface area contributed by atoms with E-state index in [0.717, 1.165) is 16.9 Å². The van der Waals surface area contributed by atoms with Gasteiger partial charge in [0, 0.05) is 37.8 Å². The molecule has 0 saturated heterocycles. The van der Waals surface area contributed by atoms with E-state index >= 15 is 0 Å². The van der Waals surface area contributed by atoms with E-state index in [1.54, 1.807) is 13.1 Å².